The molecule has 0 saturated carbocycles. The Bertz CT molecular complexity index is 746. The Morgan fingerprint density at radius 3 is 2.30 bits per heavy atom. The van der Waals surface area contributed by atoms with Gasteiger partial charge in [0.05, 0.1) is 13.2 Å². The van der Waals surface area contributed by atoms with Crippen LogP contribution in [0, 0.1) is 0 Å². The topological polar surface area (TPSA) is 94.2 Å². The second-order valence-electron chi connectivity index (χ2n) is 8.29. The number of esters is 2. The van der Waals surface area contributed by atoms with E-state index in [0.29, 0.717) is 6.54 Å². The molecular formula is C22H32N2O6. The van der Waals surface area contributed by atoms with Gasteiger partial charge in [0.15, 0.2) is 5.54 Å². The summed E-state index contributed by atoms with van der Waals surface area (Å²) in [5.74, 6) is -1.04. The van der Waals surface area contributed by atoms with Crippen LogP contribution in [-0.2, 0) is 30.3 Å². The highest BCUT2D eigenvalue weighted by Crippen LogP contribution is 2.31. The van der Waals surface area contributed by atoms with Gasteiger partial charge in [0.25, 0.3) is 0 Å². The Balaban J connectivity index is 2.34. The van der Waals surface area contributed by atoms with E-state index in [4.69, 9.17) is 14.2 Å². The molecule has 1 amide bonds. The van der Waals surface area contributed by atoms with Gasteiger partial charge in [-0.1, -0.05) is 30.3 Å². The molecule has 30 heavy (non-hydrogen) atoms. The molecule has 1 aliphatic rings. The van der Waals surface area contributed by atoms with Crippen molar-refractivity contribution in [1.82, 2.24) is 10.2 Å². The second kappa shape index (κ2) is 9.93. The molecule has 1 aliphatic heterocycles. The van der Waals surface area contributed by atoms with Crippen molar-refractivity contribution in [2.75, 3.05) is 19.8 Å². The van der Waals surface area contributed by atoms with Gasteiger partial charge in [0, 0.05) is 19.5 Å². The molecule has 8 heteroatoms. The van der Waals surface area contributed by atoms with Gasteiger partial charge in [-0.15, -0.1) is 0 Å². The average Bonchev–Trinajstić information content (AvgIpc) is 3.00. The summed E-state index contributed by atoms with van der Waals surface area (Å²) in [5.41, 5.74) is -1.17. The lowest BCUT2D eigenvalue weighted by molar-refractivity contribution is -0.150. The lowest BCUT2D eigenvalue weighted by atomic mass is 9.96. The first-order valence-corrected chi connectivity index (χ1v) is 10.2. The van der Waals surface area contributed by atoms with Crippen molar-refractivity contribution in [1.29, 1.82) is 0 Å². The fourth-order valence-electron chi connectivity index (χ4n) is 3.49. The van der Waals surface area contributed by atoms with Crippen LogP contribution in [0.4, 0.5) is 4.79 Å². The minimum atomic E-state index is -1.41. The quantitative estimate of drug-likeness (QED) is 0.535. The van der Waals surface area contributed by atoms with E-state index < -0.39 is 35.2 Å². The lowest BCUT2D eigenvalue weighted by Gasteiger charge is -2.29. The zero-order chi connectivity index (χ0) is 22.4. The molecule has 1 saturated heterocycles. The Morgan fingerprint density at radius 1 is 1.10 bits per heavy atom. The molecular weight excluding hydrogens is 388 g/mol. The van der Waals surface area contributed by atoms with E-state index in [-0.39, 0.29) is 26.2 Å². The smallest absolute Gasteiger partial charge is 0.408 e. The van der Waals surface area contributed by atoms with Gasteiger partial charge < -0.3 is 19.5 Å². The molecule has 1 aromatic rings. The number of rotatable bonds is 7. The molecule has 1 aromatic carbocycles. The number of nitrogens with one attached hydrogen (secondary N) is 1. The normalized spacial score (nSPS) is 21.7. The molecule has 0 spiro atoms. The highest BCUT2D eigenvalue weighted by atomic mass is 16.6. The van der Waals surface area contributed by atoms with E-state index in [1.807, 2.05) is 35.2 Å². The van der Waals surface area contributed by atoms with Crippen LogP contribution >= 0.6 is 0 Å². The number of likely N-dealkylation sites (tertiary alicyclic amines) is 1. The molecule has 0 aromatic heterocycles. The first-order valence-electron chi connectivity index (χ1n) is 10.2. The highest BCUT2D eigenvalue weighted by Gasteiger charge is 2.54. The maximum atomic E-state index is 12.9. The van der Waals surface area contributed by atoms with Crippen LogP contribution in [0.5, 0.6) is 0 Å². The van der Waals surface area contributed by atoms with Gasteiger partial charge >= 0.3 is 18.0 Å². The Kier molecular flexibility index (Phi) is 7.83. The van der Waals surface area contributed by atoms with E-state index in [2.05, 4.69) is 5.32 Å². The number of alkyl carbamates (subject to hydrolysis) is 1. The summed E-state index contributed by atoms with van der Waals surface area (Å²) in [6.07, 6.45) is -0.698. The van der Waals surface area contributed by atoms with Crippen LogP contribution in [0.25, 0.3) is 0 Å². The zero-order valence-corrected chi connectivity index (χ0v) is 18.4. The average molecular weight is 421 g/mol. The molecule has 0 aliphatic carbocycles. The minimum absolute atomic E-state index is 0.0384. The predicted octanol–water partition coefficient (Wildman–Crippen LogP) is 2.65. The summed E-state index contributed by atoms with van der Waals surface area (Å²) in [4.78, 5) is 39.9. The fraction of sp³-hybridized carbons (Fsp3) is 0.591. The molecule has 166 valence electrons. The SMILES string of the molecule is CCOC(=O)C1CC(NC(=O)OC(C)(C)C)(C(=O)OCC)CN1Cc1ccccc1. The van der Waals surface area contributed by atoms with Crippen LogP contribution < -0.4 is 5.32 Å². The largest absolute Gasteiger partial charge is 0.465 e. The van der Waals surface area contributed by atoms with E-state index in [0.717, 1.165) is 5.56 Å². The molecule has 0 radical (unpaired) electrons. The molecule has 2 rings (SSSR count). The van der Waals surface area contributed by atoms with Gasteiger partial charge in [0.1, 0.15) is 11.6 Å². The van der Waals surface area contributed by atoms with E-state index >= 15 is 0 Å². The monoisotopic (exact) mass is 420 g/mol. The lowest BCUT2D eigenvalue weighted by Crippen LogP contribution is -2.57. The van der Waals surface area contributed by atoms with Crippen molar-refractivity contribution in [3.8, 4) is 0 Å². The third-order valence-electron chi connectivity index (χ3n) is 4.65. The van der Waals surface area contributed by atoms with Gasteiger partial charge in [0.2, 0.25) is 0 Å². The summed E-state index contributed by atoms with van der Waals surface area (Å²) in [6, 6.07) is 8.89. The molecule has 1 heterocycles. The molecule has 8 nitrogen and oxygen atoms in total. The molecule has 0 bridgehead atoms. The summed E-state index contributed by atoms with van der Waals surface area (Å²) in [6.45, 7) is 9.53. The van der Waals surface area contributed by atoms with Crippen LogP contribution in [-0.4, -0.2) is 59.9 Å². The second-order valence-corrected chi connectivity index (χ2v) is 8.29. The van der Waals surface area contributed by atoms with Crippen molar-refractivity contribution in [2.45, 2.75) is 64.8 Å². The predicted molar refractivity (Wildman–Crippen MR) is 111 cm³/mol. The number of carbonyl (C=O) groups excluding carboxylic acids is 3. The fourth-order valence-corrected chi connectivity index (χ4v) is 3.49. The van der Waals surface area contributed by atoms with Gasteiger partial charge in [-0.3, -0.25) is 9.69 Å². The Labute approximate surface area is 177 Å². The number of hydrogen-bond donors (Lipinski definition) is 1. The third kappa shape index (κ3) is 6.19. The Morgan fingerprint density at radius 2 is 1.73 bits per heavy atom. The Hall–Kier alpha value is -2.61. The maximum absolute atomic E-state index is 12.9. The summed E-state index contributed by atoms with van der Waals surface area (Å²) in [7, 11) is 0. The highest BCUT2D eigenvalue weighted by molar-refractivity contribution is 5.89. The third-order valence-corrected chi connectivity index (χ3v) is 4.65. The number of ether oxygens (including phenoxy) is 3. The number of amides is 1. The molecule has 2 atom stereocenters. The number of benzene rings is 1. The number of carbonyl (C=O) groups is 3. The van der Waals surface area contributed by atoms with Crippen molar-refractivity contribution >= 4 is 18.0 Å². The number of nitrogens with zero attached hydrogens (tertiary/aromatic N) is 1. The molecule has 1 fully saturated rings. The van der Waals surface area contributed by atoms with Gasteiger partial charge in [-0.05, 0) is 40.2 Å². The first-order chi connectivity index (χ1) is 14.1. The van der Waals surface area contributed by atoms with Crippen LogP contribution in [0.3, 0.4) is 0 Å². The first kappa shape index (κ1) is 23.7. The van der Waals surface area contributed by atoms with Crippen LogP contribution in [0.15, 0.2) is 30.3 Å². The number of hydrogen-bond acceptors (Lipinski definition) is 7. The van der Waals surface area contributed by atoms with Crippen molar-refractivity contribution < 1.29 is 28.6 Å². The van der Waals surface area contributed by atoms with Crippen LogP contribution in [0.1, 0.15) is 46.6 Å². The van der Waals surface area contributed by atoms with E-state index in [1.54, 1.807) is 34.6 Å². The molecule has 2 unspecified atom stereocenters. The summed E-state index contributed by atoms with van der Waals surface area (Å²) >= 11 is 0. The van der Waals surface area contributed by atoms with Crippen molar-refractivity contribution in [3.05, 3.63) is 35.9 Å². The zero-order valence-electron chi connectivity index (χ0n) is 18.4. The standard InChI is InChI=1S/C22H32N2O6/c1-6-28-18(25)17-13-22(19(26)29-7-2,23-20(27)30-21(3,4)5)15-24(17)14-16-11-9-8-10-12-16/h8-12,17H,6-7,13-15H2,1-5H3,(H,23,27). The summed E-state index contributed by atoms with van der Waals surface area (Å²) < 4.78 is 15.9. The van der Waals surface area contributed by atoms with Gasteiger partial charge in [-0.25, -0.2) is 9.59 Å². The van der Waals surface area contributed by atoms with E-state index in [1.165, 1.54) is 0 Å². The van der Waals surface area contributed by atoms with E-state index in [9.17, 15) is 14.4 Å². The van der Waals surface area contributed by atoms with Crippen molar-refractivity contribution in [2.24, 2.45) is 0 Å². The molecule has 1 N–H and O–H groups in total. The minimum Gasteiger partial charge on any atom is -0.465 e. The van der Waals surface area contributed by atoms with Crippen LogP contribution in [0.2, 0.25) is 0 Å². The summed E-state index contributed by atoms with van der Waals surface area (Å²) in [5, 5.41) is 2.69. The van der Waals surface area contributed by atoms with Gasteiger partial charge in [-0.2, -0.15) is 0 Å². The maximum Gasteiger partial charge on any atom is 0.408 e. The van der Waals surface area contributed by atoms with Crippen molar-refractivity contribution in [3.63, 3.8) is 0 Å².